The molecule has 0 saturated heterocycles. The highest BCUT2D eigenvalue weighted by Gasteiger charge is 2.09. The van der Waals surface area contributed by atoms with E-state index < -0.39 is 0 Å². The number of nitrogens with one attached hydrogen (secondary N) is 2. The summed E-state index contributed by atoms with van der Waals surface area (Å²) in [5.41, 5.74) is 1.53. The number of rotatable bonds is 8. The fourth-order valence-corrected chi connectivity index (χ4v) is 2.90. The van der Waals surface area contributed by atoms with E-state index in [-0.39, 0.29) is 17.9 Å². The molecule has 0 aliphatic rings. The Morgan fingerprint density at radius 3 is 2.56 bits per heavy atom. The van der Waals surface area contributed by atoms with E-state index in [1.807, 2.05) is 62.4 Å². The first kappa shape index (κ1) is 19.1. The van der Waals surface area contributed by atoms with Crippen molar-refractivity contribution < 1.29 is 9.59 Å². The molecule has 0 spiro atoms. The third-order valence-electron chi connectivity index (χ3n) is 3.78. The van der Waals surface area contributed by atoms with Gasteiger partial charge < -0.3 is 10.6 Å². The Morgan fingerprint density at radius 2 is 1.84 bits per heavy atom. The summed E-state index contributed by atoms with van der Waals surface area (Å²) in [7, 11) is 0. The molecule has 0 fully saturated rings. The van der Waals surface area contributed by atoms with Crippen molar-refractivity contribution in [2.24, 2.45) is 0 Å². The van der Waals surface area contributed by atoms with Crippen molar-refractivity contribution in [2.45, 2.75) is 37.8 Å². The summed E-state index contributed by atoms with van der Waals surface area (Å²) in [6.07, 6.45) is 0.889. The van der Waals surface area contributed by atoms with Crippen LogP contribution in [-0.4, -0.2) is 23.6 Å². The van der Waals surface area contributed by atoms with Gasteiger partial charge in [0.25, 0.3) is 5.91 Å². The van der Waals surface area contributed by atoms with Crippen LogP contribution in [0.4, 0.5) is 0 Å². The molecule has 5 heteroatoms. The molecular formula is C20H24N2O2S. The zero-order valence-electron chi connectivity index (χ0n) is 14.6. The predicted molar refractivity (Wildman–Crippen MR) is 103 cm³/mol. The lowest BCUT2D eigenvalue weighted by Crippen LogP contribution is -2.32. The average Bonchev–Trinajstić information content (AvgIpc) is 2.65. The lowest BCUT2D eigenvalue weighted by molar-refractivity contribution is -0.118. The van der Waals surface area contributed by atoms with Crippen molar-refractivity contribution in [2.75, 3.05) is 5.75 Å². The van der Waals surface area contributed by atoms with Gasteiger partial charge in [-0.15, -0.1) is 11.8 Å². The number of carbonyl (C=O) groups is 2. The highest BCUT2D eigenvalue weighted by molar-refractivity contribution is 8.00. The number of hydrogen-bond acceptors (Lipinski definition) is 3. The quantitative estimate of drug-likeness (QED) is 0.710. The molecule has 2 amide bonds. The van der Waals surface area contributed by atoms with E-state index in [0.717, 1.165) is 16.9 Å². The maximum atomic E-state index is 12.2. The zero-order chi connectivity index (χ0) is 18.1. The van der Waals surface area contributed by atoms with Gasteiger partial charge in [-0.05, 0) is 43.2 Å². The van der Waals surface area contributed by atoms with Crippen molar-refractivity contribution >= 4 is 23.6 Å². The van der Waals surface area contributed by atoms with Gasteiger partial charge in [0.15, 0.2) is 0 Å². The summed E-state index contributed by atoms with van der Waals surface area (Å²) < 4.78 is 0. The van der Waals surface area contributed by atoms with Gasteiger partial charge in [0.05, 0.1) is 5.75 Å². The Bertz CT molecular complexity index is 704. The lowest BCUT2D eigenvalue weighted by Gasteiger charge is -2.12. The lowest BCUT2D eigenvalue weighted by atomic mass is 10.1. The molecule has 2 aromatic carbocycles. The van der Waals surface area contributed by atoms with Crippen LogP contribution in [0.1, 0.15) is 36.2 Å². The summed E-state index contributed by atoms with van der Waals surface area (Å²) in [6, 6.07) is 17.3. The van der Waals surface area contributed by atoms with E-state index in [2.05, 4.69) is 10.6 Å². The van der Waals surface area contributed by atoms with Crippen molar-refractivity contribution in [3.63, 3.8) is 0 Å². The minimum Gasteiger partial charge on any atom is -0.351 e. The van der Waals surface area contributed by atoms with E-state index in [9.17, 15) is 9.59 Å². The second-order valence-electron chi connectivity index (χ2n) is 5.86. The minimum absolute atomic E-state index is 0.0247. The first-order chi connectivity index (χ1) is 12.1. The molecule has 2 rings (SSSR count). The van der Waals surface area contributed by atoms with E-state index in [0.29, 0.717) is 17.9 Å². The van der Waals surface area contributed by atoms with E-state index in [1.165, 1.54) is 11.8 Å². The normalized spacial score (nSPS) is 11.6. The molecule has 0 aromatic heterocycles. The Labute approximate surface area is 153 Å². The number of hydrogen-bond donors (Lipinski definition) is 2. The van der Waals surface area contributed by atoms with Crippen LogP contribution in [0.5, 0.6) is 0 Å². The van der Waals surface area contributed by atoms with E-state index in [4.69, 9.17) is 0 Å². The van der Waals surface area contributed by atoms with Crippen molar-refractivity contribution in [1.29, 1.82) is 0 Å². The third kappa shape index (κ3) is 6.63. The molecule has 1 atom stereocenters. The molecule has 0 heterocycles. The first-order valence-electron chi connectivity index (χ1n) is 8.43. The predicted octanol–water partition coefficient (Wildman–Crippen LogP) is 3.62. The SMILES string of the molecule is CCC(C)NC(=O)c1cccc(CNC(=O)CSc2ccccc2)c1. The molecule has 0 aliphatic heterocycles. The van der Waals surface area contributed by atoms with Gasteiger partial charge >= 0.3 is 0 Å². The molecule has 0 bridgehead atoms. The highest BCUT2D eigenvalue weighted by Crippen LogP contribution is 2.16. The molecule has 0 radical (unpaired) electrons. The number of carbonyl (C=O) groups excluding carboxylic acids is 2. The van der Waals surface area contributed by atoms with E-state index >= 15 is 0 Å². The van der Waals surface area contributed by atoms with Gasteiger partial charge in [-0.3, -0.25) is 9.59 Å². The van der Waals surface area contributed by atoms with Crippen LogP contribution < -0.4 is 10.6 Å². The average molecular weight is 356 g/mol. The standard InChI is InChI=1S/C20H24N2O2S/c1-3-15(2)22-20(24)17-9-7-8-16(12-17)13-21-19(23)14-25-18-10-5-4-6-11-18/h4-12,15H,3,13-14H2,1-2H3,(H,21,23)(H,22,24). The van der Waals surface area contributed by atoms with Crippen LogP contribution in [0, 0.1) is 0 Å². The molecule has 4 nitrogen and oxygen atoms in total. The Hall–Kier alpha value is -2.27. The van der Waals surface area contributed by atoms with Crippen molar-refractivity contribution in [1.82, 2.24) is 10.6 Å². The van der Waals surface area contributed by atoms with Crippen LogP contribution in [-0.2, 0) is 11.3 Å². The minimum atomic E-state index is -0.0813. The fourth-order valence-electron chi connectivity index (χ4n) is 2.15. The number of benzene rings is 2. The van der Waals surface area contributed by atoms with Crippen LogP contribution in [0.15, 0.2) is 59.5 Å². The molecule has 1 unspecified atom stereocenters. The van der Waals surface area contributed by atoms with E-state index in [1.54, 1.807) is 6.07 Å². The maximum Gasteiger partial charge on any atom is 0.251 e. The topological polar surface area (TPSA) is 58.2 Å². The molecule has 2 N–H and O–H groups in total. The molecule has 132 valence electrons. The summed E-state index contributed by atoms with van der Waals surface area (Å²) in [5.74, 6) is 0.267. The molecular weight excluding hydrogens is 332 g/mol. The summed E-state index contributed by atoms with van der Waals surface area (Å²) in [5, 5.41) is 5.84. The van der Waals surface area contributed by atoms with Gasteiger partial charge in [0, 0.05) is 23.0 Å². The largest absolute Gasteiger partial charge is 0.351 e. The smallest absolute Gasteiger partial charge is 0.251 e. The maximum absolute atomic E-state index is 12.2. The molecule has 0 aliphatic carbocycles. The number of thioether (sulfide) groups is 1. The monoisotopic (exact) mass is 356 g/mol. The number of amides is 2. The highest BCUT2D eigenvalue weighted by atomic mass is 32.2. The van der Waals surface area contributed by atoms with Crippen LogP contribution in [0.3, 0.4) is 0 Å². The van der Waals surface area contributed by atoms with Gasteiger partial charge in [-0.2, -0.15) is 0 Å². The van der Waals surface area contributed by atoms with Gasteiger partial charge in [0.1, 0.15) is 0 Å². The van der Waals surface area contributed by atoms with Crippen molar-refractivity contribution in [3.8, 4) is 0 Å². The molecule has 0 saturated carbocycles. The van der Waals surface area contributed by atoms with Crippen molar-refractivity contribution in [3.05, 3.63) is 65.7 Å². The first-order valence-corrected chi connectivity index (χ1v) is 9.41. The van der Waals surface area contributed by atoms with Gasteiger partial charge in [0.2, 0.25) is 5.91 Å². The summed E-state index contributed by atoms with van der Waals surface area (Å²) >= 11 is 1.50. The van der Waals surface area contributed by atoms with Crippen LogP contribution in [0.25, 0.3) is 0 Å². The molecule has 2 aromatic rings. The Kier molecular flexibility index (Phi) is 7.54. The van der Waals surface area contributed by atoms with Crippen LogP contribution in [0.2, 0.25) is 0 Å². The Morgan fingerprint density at radius 1 is 1.08 bits per heavy atom. The molecule has 25 heavy (non-hydrogen) atoms. The second-order valence-corrected chi connectivity index (χ2v) is 6.91. The van der Waals surface area contributed by atoms with Gasteiger partial charge in [-0.1, -0.05) is 37.3 Å². The van der Waals surface area contributed by atoms with Crippen LogP contribution >= 0.6 is 11.8 Å². The Balaban J connectivity index is 1.83. The third-order valence-corrected chi connectivity index (χ3v) is 4.79. The fraction of sp³-hybridized carbons (Fsp3) is 0.300. The summed E-state index contributed by atoms with van der Waals surface area (Å²) in [6.45, 7) is 4.43. The zero-order valence-corrected chi connectivity index (χ0v) is 15.4. The summed E-state index contributed by atoms with van der Waals surface area (Å²) in [4.78, 5) is 25.2. The second kappa shape index (κ2) is 9.89. The van der Waals surface area contributed by atoms with Gasteiger partial charge in [-0.25, -0.2) is 0 Å².